The monoisotopic (exact) mass is 316 g/mol. The Morgan fingerprint density at radius 3 is 2.91 bits per heavy atom. The molecule has 0 spiro atoms. The van der Waals surface area contributed by atoms with Crippen molar-refractivity contribution >= 4 is 17.2 Å². The summed E-state index contributed by atoms with van der Waals surface area (Å²) in [5, 5.41) is 3.03. The van der Waals surface area contributed by atoms with Gasteiger partial charge < -0.3 is 9.64 Å². The van der Waals surface area contributed by atoms with Gasteiger partial charge in [0.1, 0.15) is 10.8 Å². The number of ether oxygens (including phenoxy) is 1. The normalized spacial score (nSPS) is 17.7. The predicted octanol–water partition coefficient (Wildman–Crippen LogP) is 3.45. The zero-order valence-electron chi connectivity index (χ0n) is 12.7. The first-order valence-electron chi connectivity index (χ1n) is 7.68. The molecule has 1 aliphatic heterocycles. The molecule has 22 heavy (non-hydrogen) atoms. The number of hydrogen-bond acceptors (Lipinski definition) is 4. The van der Waals surface area contributed by atoms with Gasteiger partial charge in [-0.05, 0) is 37.5 Å². The van der Waals surface area contributed by atoms with E-state index in [1.807, 2.05) is 47.7 Å². The van der Waals surface area contributed by atoms with Crippen molar-refractivity contribution in [2.24, 2.45) is 0 Å². The van der Waals surface area contributed by atoms with Crippen LogP contribution in [0.25, 0.3) is 0 Å². The molecule has 0 aliphatic carbocycles. The quantitative estimate of drug-likeness (QED) is 0.848. The van der Waals surface area contributed by atoms with E-state index in [0.717, 1.165) is 35.7 Å². The van der Waals surface area contributed by atoms with Crippen molar-refractivity contribution in [3.63, 3.8) is 0 Å². The zero-order chi connectivity index (χ0) is 15.4. The Labute approximate surface area is 134 Å². The molecule has 1 atom stereocenters. The highest BCUT2D eigenvalue weighted by Gasteiger charge is 2.31. The van der Waals surface area contributed by atoms with Gasteiger partial charge in [-0.1, -0.05) is 12.1 Å². The number of carbonyl (C=O) groups excluding carboxylic acids is 1. The van der Waals surface area contributed by atoms with E-state index in [9.17, 15) is 4.79 Å². The number of aromatic nitrogens is 1. The van der Waals surface area contributed by atoms with Crippen molar-refractivity contribution < 1.29 is 9.53 Å². The Balaban J connectivity index is 1.66. The molecule has 1 amide bonds. The van der Waals surface area contributed by atoms with E-state index >= 15 is 0 Å². The fourth-order valence-electron chi connectivity index (χ4n) is 2.87. The third kappa shape index (κ3) is 3.30. The van der Waals surface area contributed by atoms with Crippen LogP contribution in [0.2, 0.25) is 0 Å². The third-order valence-corrected chi connectivity index (χ3v) is 4.78. The van der Waals surface area contributed by atoms with E-state index < -0.39 is 0 Å². The number of amides is 1. The molecule has 4 nitrogen and oxygen atoms in total. The minimum Gasteiger partial charge on any atom is -0.494 e. The average molecular weight is 316 g/mol. The molecule has 2 heterocycles. The number of rotatable bonds is 5. The molecule has 5 heteroatoms. The summed E-state index contributed by atoms with van der Waals surface area (Å²) >= 11 is 1.63. The molecule has 1 fully saturated rings. The lowest BCUT2D eigenvalue weighted by molar-refractivity contribution is -0.131. The summed E-state index contributed by atoms with van der Waals surface area (Å²) in [5.41, 5.74) is 1.03. The standard InChI is InChI=1S/C17H20N2O2S/c1-2-21-14-7-5-13(6-8-14)12-16(20)19-10-3-4-15(19)17-18-9-11-22-17/h5-9,11,15H,2-4,10,12H2,1H3. The number of likely N-dealkylation sites (tertiary alicyclic amines) is 1. The Bertz CT molecular complexity index is 610. The van der Waals surface area contributed by atoms with Crippen LogP contribution in [0, 0.1) is 0 Å². The molecule has 1 aliphatic rings. The molecule has 1 aromatic heterocycles. The van der Waals surface area contributed by atoms with Crippen molar-refractivity contribution in [2.75, 3.05) is 13.2 Å². The van der Waals surface area contributed by atoms with Crippen molar-refractivity contribution in [3.05, 3.63) is 46.4 Å². The molecule has 0 bridgehead atoms. The minimum absolute atomic E-state index is 0.162. The Kier molecular flexibility index (Phi) is 4.73. The highest BCUT2D eigenvalue weighted by atomic mass is 32.1. The van der Waals surface area contributed by atoms with E-state index in [2.05, 4.69) is 4.98 Å². The first kappa shape index (κ1) is 15.0. The maximum atomic E-state index is 12.6. The molecule has 1 saturated heterocycles. The van der Waals surface area contributed by atoms with Gasteiger partial charge in [-0.3, -0.25) is 4.79 Å². The smallest absolute Gasteiger partial charge is 0.227 e. The van der Waals surface area contributed by atoms with E-state index in [1.165, 1.54) is 0 Å². The van der Waals surface area contributed by atoms with Crippen LogP contribution in [0.4, 0.5) is 0 Å². The van der Waals surface area contributed by atoms with E-state index in [-0.39, 0.29) is 11.9 Å². The number of hydrogen-bond donors (Lipinski definition) is 0. The maximum Gasteiger partial charge on any atom is 0.227 e. The van der Waals surface area contributed by atoms with Crippen molar-refractivity contribution in [1.29, 1.82) is 0 Å². The van der Waals surface area contributed by atoms with Crippen LogP contribution in [-0.2, 0) is 11.2 Å². The summed E-state index contributed by atoms with van der Waals surface area (Å²) < 4.78 is 5.43. The molecule has 0 saturated carbocycles. The second-order valence-electron chi connectivity index (χ2n) is 5.37. The van der Waals surface area contributed by atoms with Gasteiger partial charge in [-0.25, -0.2) is 4.98 Å². The molecular weight excluding hydrogens is 296 g/mol. The van der Waals surface area contributed by atoms with Crippen molar-refractivity contribution in [1.82, 2.24) is 9.88 Å². The fraction of sp³-hybridized carbons (Fsp3) is 0.412. The largest absolute Gasteiger partial charge is 0.494 e. The molecule has 116 valence electrons. The number of thiazole rings is 1. The minimum atomic E-state index is 0.162. The first-order valence-corrected chi connectivity index (χ1v) is 8.56. The van der Waals surface area contributed by atoms with Crippen LogP contribution in [0.15, 0.2) is 35.8 Å². The van der Waals surface area contributed by atoms with Gasteiger partial charge in [0.25, 0.3) is 0 Å². The van der Waals surface area contributed by atoms with Crippen LogP contribution < -0.4 is 4.74 Å². The first-order chi connectivity index (χ1) is 10.8. The van der Waals surface area contributed by atoms with Gasteiger partial charge in [-0.2, -0.15) is 0 Å². The third-order valence-electron chi connectivity index (χ3n) is 3.90. The van der Waals surface area contributed by atoms with Crippen LogP contribution in [0.3, 0.4) is 0 Å². The molecule has 0 radical (unpaired) electrons. The SMILES string of the molecule is CCOc1ccc(CC(=O)N2CCCC2c2nccs2)cc1. The Morgan fingerprint density at radius 2 is 2.23 bits per heavy atom. The van der Waals surface area contributed by atoms with Gasteiger partial charge in [0.15, 0.2) is 0 Å². The topological polar surface area (TPSA) is 42.4 Å². The fourth-order valence-corrected chi connectivity index (χ4v) is 3.65. The number of carbonyl (C=O) groups is 1. The summed E-state index contributed by atoms with van der Waals surface area (Å²) in [6.07, 6.45) is 4.32. The van der Waals surface area contributed by atoms with Crippen LogP contribution >= 0.6 is 11.3 Å². The van der Waals surface area contributed by atoms with E-state index in [4.69, 9.17) is 4.74 Å². The van der Waals surface area contributed by atoms with Gasteiger partial charge in [0, 0.05) is 18.1 Å². The molecule has 1 aromatic carbocycles. The number of nitrogens with zero attached hydrogens (tertiary/aromatic N) is 2. The Hall–Kier alpha value is -1.88. The second kappa shape index (κ2) is 6.92. The van der Waals surface area contributed by atoms with Crippen LogP contribution in [0.1, 0.15) is 36.4 Å². The lowest BCUT2D eigenvalue weighted by atomic mass is 10.1. The van der Waals surface area contributed by atoms with Crippen LogP contribution in [-0.4, -0.2) is 28.9 Å². The maximum absolute atomic E-state index is 12.6. The van der Waals surface area contributed by atoms with Gasteiger partial charge >= 0.3 is 0 Å². The summed E-state index contributed by atoms with van der Waals surface area (Å²) in [5.74, 6) is 1.03. The van der Waals surface area contributed by atoms with Crippen molar-refractivity contribution in [3.8, 4) is 5.75 Å². The van der Waals surface area contributed by atoms with Gasteiger partial charge in [0.05, 0.1) is 19.1 Å². The van der Waals surface area contributed by atoms with E-state index in [0.29, 0.717) is 13.0 Å². The van der Waals surface area contributed by atoms with Gasteiger partial charge in [-0.15, -0.1) is 11.3 Å². The molecule has 0 N–H and O–H groups in total. The summed E-state index contributed by atoms with van der Waals surface area (Å²) in [6.45, 7) is 3.45. The highest BCUT2D eigenvalue weighted by Crippen LogP contribution is 2.33. The molecule has 2 aromatic rings. The lowest BCUT2D eigenvalue weighted by Gasteiger charge is -2.23. The molecule has 3 rings (SSSR count). The molecular formula is C17H20N2O2S. The van der Waals surface area contributed by atoms with Gasteiger partial charge in [0.2, 0.25) is 5.91 Å². The summed E-state index contributed by atoms with van der Waals surface area (Å²) in [7, 11) is 0. The molecule has 1 unspecified atom stereocenters. The van der Waals surface area contributed by atoms with E-state index in [1.54, 1.807) is 11.3 Å². The average Bonchev–Trinajstić information content (AvgIpc) is 3.20. The summed E-state index contributed by atoms with van der Waals surface area (Å²) in [6, 6.07) is 7.95. The number of benzene rings is 1. The zero-order valence-corrected chi connectivity index (χ0v) is 13.5. The Morgan fingerprint density at radius 1 is 1.41 bits per heavy atom. The lowest BCUT2D eigenvalue weighted by Crippen LogP contribution is -2.31. The van der Waals surface area contributed by atoms with Crippen LogP contribution in [0.5, 0.6) is 5.75 Å². The second-order valence-corrected chi connectivity index (χ2v) is 6.30. The van der Waals surface area contributed by atoms with Crippen molar-refractivity contribution in [2.45, 2.75) is 32.2 Å². The predicted molar refractivity (Wildman–Crippen MR) is 87.1 cm³/mol. The summed E-state index contributed by atoms with van der Waals surface area (Å²) in [4.78, 5) is 19.0. The highest BCUT2D eigenvalue weighted by molar-refractivity contribution is 7.09.